The molecule has 1 aliphatic rings. The molecule has 0 unspecified atom stereocenters. The van der Waals surface area contributed by atoms with E-state index in [1.807, 2.05) is 37.6 Å². The highest BCUT2D eigenvalue weighted by Crippen LogP contribution is 2.43. The van der Waals surface area contributed by atoms with E-state index in [-0.39, 0.29) is 12.1 Å². The van der Waals surface area contributed by atoms with Crippen LogP contribution in [-0.4, -0.2) is 32.5 Å². The van der Waals surface area contributed by atoms with Gasteiger partial charge in [-0.3, -0.25) is 0 Å². The Balaban J connectivity index is 1.65. The van der Waals surface area contributed by atoms with Crippen LogP contribution in [0.4, 0.5) is 5.82 Å². The van der Waals surface area contributed by atoms with Gasteiger partial charge in [0.05, 0.1) is 29.2 Å². The van der Waals surface area contributed by atoms with Crippen LogP contribution in [0.1, 0.15) is 37.9 Å². The van der Waals surface area contributed by atoms with Gasteiger partial charge in [0.2, 0.25) is 0 Å². The summed E-state index contributed by atoms with van der Waals surface area (Å²) >= 11 is 6.65. The molecule has 0 saturated carbocycles. The van der Waals surface area contributed by atoms with E-state index in [9.17, 15) is 0 Å². The standard InChI is InChI=1S/C25H26ClN5O2/c1-4-32-20-12-17(11-19(26)23(20)33-14(2)3)22-21-24(27)28-13-29-25(21)31(30-22)18-9-15-7-5-6-8-16(15)10-18/h5-8,11-14,18H,4,9-10H2,1-3H3,(H2,27,28,29). The average molecular weight is 464 g/mol. The van der Waals surface area contributed by atoms with Crippen molar-refractivity contribution in [3.05, 3.63) is 58.9 Å². The molecule has 4 aromatic rings. The number of anilines is 1. The molecule has 7 nitrogen and oxygen atoms in total. The Bertz CT molecular complexity index is 1310. The van der Waals surface area contributed by atoms with Crippen LogP contribution >= 0.6 is 11.6 Å². The zero-order valence-corrected chi connectivity index (χ0v) is 19.6. The first kappa shape index (κ1) is 21.5. The number of nitrogens with two attached hydrogens (primary N) is 1. The van der Waals surface area contributed by atoms with Crippen LogP contribution in [-0.2, 0) is 12.8 Å². The largest absolute Gasteiger partial charge is 0.490 e. The van der Waals surface area contributed by atoms with Gasteiger partial charge >= 0.3 is 0 Å². The van der Waals surface area contributed by atoms with Crippen LogP contribution in [0.15, 0.2) is 42.7 Å². The number of benzene rings is 2. The second-order valence-electron chi connectivity index (χ2n) is 8.47. The van der Waals surface area contributed by atoms with Crippen molar-refractivity contribution in [2.75, 3.05) is 12.3 Å². The molecule has 2 aromatic heterocycles. The molecule has 8 heteroatoms. The minimum atomic E-state index is -0.0411. The number of nitrogen functional groups attached to an aromatic ring is 1. The summed E-state index contributed by atoms with van der Waals surface area (Å²) in [6.45, 7) is 6.31. The molecule has 0 bridgehead atoms. The fraction of sp³-hybridized carbons (Fsp3) is 0.320. The highest BCUT2D eigenvalue weighted by Gasteiger charge is 2.28. The summed E-state index contributed by atoms with van der Waals surface area (Å²) in [6, 6.07) is 12.4. The molecule has 5 rings (SSSR count). The Labute approximate surface area is 197 Å². The lowest BCUT2D eigenvalue weighted by Crippen LogP contribution is -2.11. The van der Waals surface area contributed by atoms with E-state index >= 15 is 0 Å². The zero-order valence-electron chi connectivity index (χ0n) is 18.9. The number of hydrogen-bond acceptors (Lipinski definition) is 6. The molecule has 0 aliphatic heterocycles. The van der Waals surface area contributed by atoms with Crippen LogP contribution in [0.3, 0.4) is 0 Å². The molecule has 2 aromatic carbocycles. The van der Waals surface area contributed by atoms with Gasteiger partial charge in [-0.05, 0) is 56.9 Å². The molecular formula is C25H26ClN5O2. The maximum absolute atomic E-state index is 6.65. The maximum Gasteiger partial charge on any atom is 0.180 e. The quantitative estimate of drug-likeness (QED) is 0.420. The van der Waals surface area contributed by atoms with Crippen molar-refractivity contribution >= 4 is 28.5 Å². The first-order valence-corrected chi connectivity index (χ1v) is 11.5. The first-order chi connectivity index (χ1) is 16.0. The van der Waals surface area contributed by atoms with Gasteiger partial charge in [-0.25, -0.2) is 14.6 Å². The third-order valence-corrected chi connectivity index (χ3v) is 6.11. The minimum absolute atomic E-state index is 0.0411. The predicted molar refractivity (Wildman–Crippen MR) is 130 cm³/mol. The Morgan fingerprint density at radius 2 is 1.88 bits per heavy atom. The summed E-state index contributed by atoms with van der Waals surface area (Å²) in [5.41, 5.74) is 11.2. The van der Waals surface area contributed by atoms with Crippen molar-refractivity contribution in [3.63, 3.8) is 0 Å². The van der Waals surface area contributed by atoms with Gasteiger partial charge in [0.15, 0.2) is 17.1 Å². The van der Waals surface area contributed by atoms with Gasteiger partial charge < -0.3 is 15.2 Å². The Morgan fingerprint density at radius 3 is 2.55 bits per heavy atom. The Kier molecular flexibility index (Phi) is 5.58. The van der Waals surface area contributed by atoms with Crippen LogP contribution in [0.2, 0.25) is 5.02 Å². The van der Waals surface area contributed by atoms with Crippen molar-refractivity contribution in [3.8, 4) is 22.8 Å². The van der Waals surface area contributed by atoms with Crippen LogP contribution in [0.5, 0.6) is 11.5 Å². The van der Waals surface area contributed by atoms with Crippen molar-refractivity contribution in [2.24, 2.45) is 0 Å². The van der Waals surface area contributed by atoms with E-state index < -0.39 is 0 Å². The number of fused-ring (bicyclic) bond motifs is 2. The smallest absolute Gasteiger partial charge is 0.180 e. The topological polar surface area (TPSA) is 88.1 Å². The molecule has 33 heavy (non-hydrogen) atoms. The molecule has 0 amide bonds. The molecule has 0 spiro atoms. The predicted octanol–water partition coefficient (Wildman–Crippen LogP) is 5.25. The normalized spacial score (nSPS) is 13.6. The maximum atomic E-state index is 6.65. The monoisotopic (exact) mass is 463 g/mol. The highest BCUT2D eigenvalue weighted by molar-refractivity contribution is 6.32. The van der Waals surface area contributed by atoms with Crippen molar-refractivity contribution in [2.45, 2.75) is 45.8 Å². The van der Waals surface area contributed by atoms with Crippen LogP contribution < -0.4 is 15.2 Å². The van der Waals surface area contributed by atoms with Gasteiger partial charge in [0.25, 0.3) is 0 Å². The van der Waals surface area contributed by atoms with Crippen LogP contribution in [0.25, 0.3) is 22.3 Å². The van der Waals surface area contributed by atoms with E-state index in [2.05, 4.69) is 34.2 Å². The molecule has 0 saturated heterocycles. The molecule has 0 atom stereocenters. The van der Waals surface area contributed by atoms with Crippen molar-refractivity contribution < 1.29 is 9.47 Å². The minimum Gasteiger partial charge on any atom is -0.490 e. The molecule has 2 heterocycles. The second-order valence-corrected chi connectivity index (χ2v) is 8.87. The summed E-state index contributed by atoms with van der Waals surface area (Å²) < 4.78 is 13.8. The fourth-order valence-corrected chi connectivity index (χ4v) is 4.73. The molecule has 0 radical (unpaired) electrons. The van der Waals surface area contributed by atoms with E-state index in [4.69, 9.17) is 31.9 Å². The van der Waals surface area contributed by atoms with Crippen LogP contribution in [0, 0.1) is 0 Å². The van der Waals surface area contributed by atoms with E-state index in [1.165, 1.54) is 17.5 Å². The zero-order chi connectivity index (χ0) is 23.1. The number of hydrogen-bond donors (Lipinski definition) is 1. The van der Waals surface area contributed by atoms with Gasteiger partial charge in [-0.15, -0.1) is 0 Å². The highest BCUT2D eigenvalue weighted by atomic mass is 35.5. The van der Waals surface area contributed by atoms with E-state index in [1.54, 1.807) is 0 Å². The van der Waals surface area contributed by atoms with Gasteiger partial charge in [-0.2, -0.15) is 5.10 Å². The van der Waals surface area contributed by atoms with Gasteiger partial charge in [0, 0.05) is 5.56 Å². The van der Waals surface area contributed by atoms with E-state index in [0.717, 1.165) is 18.4 Å². The lowest BCUT2D eigenvalue weighted by Gasteiger charge is -2.17. The molecule has 170 valence electrons. The number of ether oxygens (including phenoxy) is 2. The Morgan fingerprint density at radius 1 is 1.15 bits per heavy atom. The summed E-state index contributed by atoms with van der Waals surface area (Å²) in [7, 11) is 0. The average Bonchev–Trinajstić information content (AvgIpc) is 3.38. The number of aromatic nitrogens is 4. The summed E-state index contributed by atoms with van der Waals surface area (Å²) in [5, 5.41) is 6.16. The van der Waals surface area contributed by atoms with Gasteiger partial charge in [-0.1, -0.05) is 35.9 Å². The van der Waals surface area contributed by atoms with Crippen molar-refractivity contribution in [1.82, 2.24) is 19.7 Å². The number of halogens is 1. The molecular weight excluding hydrogens is 438 g/mol. The summed E-state index contributed by atoms with van der Waals surface area (Å²) in [6.07, 6.45) is 3.23. The Hall–Kier alpha value is -3.32. The third kappa shape index (κ3) is 3.86. The SMILES string of the molecule is CCOc1cc(-c2nn(C3Cc4ccccc4C3)c3ncnc(N)c23)cc(Cl)c1OC(C)C. The summed E-state index contributed by atoms with van der Waals surface area (Å²) in [5.74, 6) is 1.48. The van der Waals surface area contributed by atoms with Crippen molar-refractivity contribution in [1.29, 1.82) is 0 Å². The molecule has 1 aliphatic carbocycles. The fourth-order valence-electron chi connectivity index (χ4n) is 4.48. The second kappa shape index (κ2) is 8.56. The summed E-state index contributed by atoms with van der Waals surface area (Å²) in [4.78, 5) is 8.79. The van der Waals surface area contributed by atoms with E-state index in [0.29, 0.717) is 45.7 Å². The lowest BCUT2D eigenvalue weighted by molar-refractivity contribution is 0.224. The third-order valence-electron chi connectivity index (χ3n) is 5.83. The molecule has 2 N–H and O–H groups in total. The number of rotatable bonds is 6. The number of nitrogens with zero attached hydrogens (tertiary/aromatic N) is 4. The lowest BCUT2D eigenvalue weighted by atomic mass is 10.1. The molecule has 0 fully saturated rings. The first-order valence-electron chi connectivity index (χ1n) is 11.1. The van der Waals surface area contributed by atoms with Gasteiger partial charge in [0.1, 0.15) is 17.8 Å².